The molecule has 2 aliphatic heterocycles. The summed E-state index contributed by atoms with van der Waals surface area (Å²) in [6.45, 7) is 21.4. The molecule has 2 aromatic rings. The summed E-state index contributed by atoms with van der Waals surface area (Å²) < 4.78 is 5.45. The van der Waals surface area contributed by atoms with Crippen LogP contribution < -0.4 is 26.0 Å². The first-order valence-corrected chi connectivity index (χ1v) is 36.2. The van der Waals surface area contributed by atoms with Gasteiger partial charge in [-0.25, -0.2) is 0 Å². The number of carbonyl (C=O) groups is 12. The van der Waals surface area contributed by atoms with Gasteiger partial charge in [-0.2, -0.15) is 0 Å². The van der Waals surface area contributed by atoms with Crippen molar-refractivity contribution >= 4 is 70.9 Å². The van der Waals surface area contributed by atoms with Gasteiger partial charge < -0.3 is 75.4 Å². The van der Waals surface area contributed by atoms with Crippen molar-refractivity contribution in [1.29, 1.82) is 0 Å². The highest BCUT2D eigenvalue weighted by atomic mass is 16.5. The lowest BCUT2D eigenvalue weighted by Gasteiger charge is -2.38. The summed E-state index contributed by atoms with van der Waals surface area (Å²) in [6, 6.07) is -0.378. The molecule has 27 heteroatoms. The number of phenolic OH excluding ortho intramolecular Hbond substituents is 1. The van der Waals surface area contributed by atoms with E-state index in [0.29, 0.717) is 37.1 Å². The summed E-state index contributed by atoms with van der Waals surface area (Å²) in [6.07, 6.45) is 0.0599. The number of benzene rings is 2. The molecule has 2 aliphatic rings. The number of rotatable bonds is 18. The molecule has 0 aliphatic carbocycles. The maximum absolute atomic E-state index is 15.6. The number of nitrogens with one attached hydrogen (secondary N) is 4. The molecule has 0 unspecified atom stereocenters. The van der Waals surface area contributed by atoms with Crippen LogP contribution >= 0.6 is 0 Å². The van der Waals surface area contributed by atoms with E-state index < -0.39 is 150 Å². The van der Waals surface area contributed by atoms with Crippen molar-refractivity contribution in [3.05, 3.63) is 59.7 Å². The van der Waals surface area contributed by atoms with Crippen molar-refractivity contribution in [3.63, 3.8) is 0 Å². The van der Waals surface area contributed by atoms with Crippen molar-refractivity contribution in [2.24, 2.45) is 29.6 Å². The predicted molar refractivity (Wildman–Crippen MR) is 388 cm³/mol. The zero-order valence-electron chi connectivity index (χ0n) is 64.2. The second-order valence-corrected chi connectivity index (χ2v) is 30.1. The Morgan fingerprint density at radius 2 is 0.922 bits per heavy atom. The van der Waals surface area contributed by atoms with Crippen LogP contribution in [0.1, 0.15) is 158 Å². The van der Waals surface area contributed by atoms with Crippen molar-refractivity contribution in [1.82, 2.24) is 60.5 Å². The fourth-order valence-corrected chi connectivity index (χ4v) is 13.2. The Bertz CT molecular complexity index is 3190. The van der Waals surface area contributed by atoms with Crippen LogP contribution in [0.15, 0.2) is 48.5 Å². The number of phenols is 1. The third-order valence-electron chi connectivity index (χ3n) is 19.3. The number of likely N-dealkylation sites (N-methyl/N-ethyl adjacent to an activating group) is 7. The molecule has 27 nitrogen and oxygen atoms in total. The predicted octanol–water partition coefficient (Wildman–Crippen LogP) is 3.98. The van der Waals surface area contributed by atoms with Gasteiger partial charge in [0.15, 0.2) is 11.5 Å². The molecule has 2 saturated heterocycles. The number of likely N-dealkylation sites (tertiary alicyclic amines) is 1. The minimum Gasteiger partial charge on any atom is -0.504 e. The maximum Gasteiger partial charge on any atom is 0.248 e. The van der Waals surface area contributed by atoms with Gasteiger partial charge in [0.05, 0.1) is 26.2 Å². The average Bonchev–Trinajstić information content (AvgIpc) is 0.811. The van der Waals surface area contributed by atoms with E-state index in [0.717, 1.165) is 16.2 Å². The molecule has 11 atom stereocenters. The molecule has 6 N–H and O–H groups in total. The molecule has 0 bridgehead atoms. The molecule has 102 heavy (non-hydrogen) atoms. The van der Waals surface area contributed by atoms with E-state index in [1.165, 1.54) is 106 Å². The number of hydrogen-bond acceptors (Lipinski definition) is 15. The highest BCUT2D eigenvalue weighted by Gasteiger charge is 2.44. The summed E-state index contributed by atoms with van der Waals surface area (Å²) in [7, 11) is 11.1. The van der Waals surface area contributed by atoms with Crippen LogP contribution in [-0.4, -0.2) is 263 Å². The smallest absolute Gasteiger partial charge is 0.248 e. The number of hydrogen-bond donors (Lipinski definition) is 6. The highest BCUT2D eigenvalue weighted by Crippen LogP contribution is 2.29. The molecule has 2 aromatic carbocycles. The van der Waals surface area contributed by atoms with Crippen LogP contribution in [0.5, 0.6) is 11.5 Å². The van der Waals surface area contributed by atoms with Crippen LogP contribution in [0.2, 0.25) is 0 Å². The fourth-order valence-electron chi connectivity index (χ4n) is 13.2. The number of piperidine rings is 1. The molecule has 12 amide bonds. The second kappa shape index (κ2) is 39.9. The van der Waals surface area contributed by atoms with Gasteiger partial charge in [0.25, 0.3) is 0 Å². The first kappa shape index (κ1) is 86.0. The number of carbonyl (C=O) groups excluding carboxylic acids is 12. The summed E-state index contributed by atoms with van der Waals surface area (Å²) in [5.41, 5.74) is 1.04. The number of methoxy groups -OCH3 is 1. The SMILES string of the molecule is CC[C@H]1C(=O)N[C@@H](CC(C)C)C(=O)N(C)[C@@H](CC(C)C)C(=O)N(C)[C@@H](Cc2ccccc2)C(=O)N[C@@H](Cc2ccc(O)c(OC)c2)C(=O)N(C)[C@@H](CC(C)C)C(=O)N(C)[C@@H](CC(C)C)C(=O)N[C@@H]([C@@H](C)O)C(=O)N(C)CC(=O)N(C)[C@@H](CC(C)C)C(=O)N[C@H](C(=O)N2CCCCC2)CC(=O)N1C. The Labute approximate surface area is 604 Å². The zero-order chi connectivity index (χ0) is 76.9. The third kappa shape index (κ3) is 24.1. The minimum atomic E-state index is -1.68. The molecule has 2 fully saturated rings. The largest absolute Gasteiger partial charge is 0.504 e. The number of aromatic hydroxyl groups is 1. The first-order chi connectivity index (χ1) is 47.8. The van der Waals surface area contributed by atoms with E-state index in [1.54, 1.807) is 42.2 Å². The third-order valence-corrected chi connectivity index (χ3v) is 19.3. The van der Waals surface area contributed by atoms with E-state index in [2.05, 4.69) is 21.3 Å². The summed E-state index contributed by atoms with van der Waals surface area (Å²) in [5, 5.41) is 33.3. The normalized spacial score (nSPS) is 24.8. The number of ether oxygens (including phenoxy) is 1. The van der Waals surface area contributed by atoms with Crippen LogP contribution in [0.4, 0.5) is 0 Å². The van der Waals surface area contributed by atoms with Gasteiger partial charge in [-0.1, -0.05) is 113 Å². The molecule has 0 saturated carbocycles. The molecular weight excluding hydrogens is 1310 g/mol. The fraction of sp³-hybridized carbons (Fsp3) is 0.680. The van der Waals surface area contributed by atoms with Gasteiger partial charge >= 0.3 is 0 Å². The van der Waals surface area contributed by atoms with Gasteiger partial charge in [-0.05, 0) is 118 Å². The summed E-state index contributed by atoms with van der Waals surface area (Å²) >= 11 is 0. The Balaban J connectivity index is 2.02. The topological polar surface area (TPSA) is 329 Å². The Kier molecular flexibility index (Phi) is 33.7. The molecule has 0 radical (unpaired) electrons. The van der Waals surface area contributed by atoms with E-state index >= 15 is 24.0 Å². The van der Waals surface area contributed by atoms with Gasteiger partial charge in [0.2, 0.25) is 70.9 Å². The molecule has 0 aromatic heterocycles. The number of aliphatic hydroxyl groups is 1. The number of nitrogens with zero attached hydrogens (tertiary/aromatic N) is 8. The number of aliphatic hydroxyl groups excluding tert-OH is 1. The van der Waals surface area contributed by atoms with Crippen LogP contribution in [0, 0.1) is 29.6 Å². The van der Waals surface area contributed by atoms with Crippen LogP contribution in [0.25, 0.3) is 0 Å². The number of amides is 12. The van der Waals surface area contributed by atoms with E-state index in [4.69, 9.17) is 4.74 Å². The monoisotopic (exact) mass is 1430 g/mol. The van der Waals surface area contributed by atoms with Crippen molar-refractivity contribution < 1.29 is 72.5 Å². The molecule has 4 rings (SSSR count). The van der Waals surface area contributed by atoms with Crippen LogP contribution in [0.3, 0.4) is 0 Å². The molecule has 2 heterocycles. The van der Waals surface area contributed by atoms with Crippen LogP contribution in [-0.2, 0) is 70.4 Å². The Morgan fingerprint density at radius 1 is 0.480 bits per heavy atom. The minimum absolute atomic E-state index is 0.0291. The Hall–Kier alpha value is -8.36. The summed E-state index contributed by atoms with van der Waals surface area (Å²) in [5.74, 6) is -10.1. The molecule has 0 spiro atoms. The lowest BCUT2D eigenvalue weighted by molar-refractivity contribution is -0.151. The second-order valence-electron chi connectivity index (χ2n) is 30.1. The lowest BCUT2D eigenvalue weighted by atomic mass is 9.96. The molecule has 570 valence electrons. The first-order valence-electron chi connectivity index (χ1n) is 36.2. The highest BCUT2D eigenvalue weighted by molar-refractivity contribution is 6.00. The zero-order valence-corrected chi connectivity index (χ0v) is 64.2. The van der Waals surface area contributed by atoms with E-state index in [-0.39, 0.29) is 92.5 Å². The van der Waals surface area contributed by atoms with Crippen molar-refractivity contribution in [2.75, 3.05) is 76.1 Å². The van der Waals surface area contributed by atoms with E-state index in [1.807, 2.05) is 69.2 Å². The average molecular weight is 1430 g/mol. The van der Waals surface area contributed by atoms with Crippen molar-refractivity contribution in [3.8, 4) is 11.5 Å². The Morgan fingerprint density at radius 3 is 1.42 bits per heavy atom. The van der Waals surface area contributed by atoms with Gasteiger partial charge in [-0.15, -0.1) is 0 Å². The van der Waals surface area contributed by atoms with Gasteiger partial charge in [0, 0.05) is 75.3 Å². The van der Waals surface area contributed by atoms with Gasteiger partial charge in [-0.3, -0.25) is 57.5 Å². The maximum atomic E-state index is 15.6. The quantitative estimate of drug-likeness (QED) is 0.123. The van der Waals surface area contributed by atoms with Crippen molar-refractivity contribution in [2.45, 2.75) is 227 Å². The molecular formula is C75H120N12O15. The lowest BCUT2D eigenvalue weighted by Crippen LogP contribution is -2.62. The van der Waals surface area contributed by atoms with E-state index in [9.17, 15) is 43.8 Å². The summed E-state index contributed by atoms with van der Waals surface area (Å²) in [4.78, 5) is 190. The van der Waals surface area contributed by atoms with Gasteiger partial charge in [0.1, 0.15) is 60.4 Å². The standard InChI is InChI=1S/C75H120N12O15/c1-21-55-66(92)76-52(34-44(2)3)70(96)85(18)60(38-48(10)11)74(100)84(17)58(40-50-28-24-22-25-29-50)68(94)77-53(39-51-30-31-61(89)62(41-51)102-20)71(97)86(19)59(37-47(8)9)73(99)83(16)57(36-46(6)7)69(95)79-65(49(12)88)75(101)80(13)43-64(91)82(15)56(35-45(4)5)67(93)78-54(42-63(90)81(55)14)72(98)87-32-26-23-27-33-87/h22,24-25,28-31,41,44-49,52-60,65,88-89H,21,23,26-27,32-40,42-43H2,1-20H3,(H,76,92)(H,77,94)(H,78,93)(H,79,95)/t49-,52+,53+,54+,55+,56+,57+,58+,59+,60+,65+/m1/s1.